The van der Waals surface area contributed by atoms with Crippen LogP contribution in [0.5, 0.6) is 0 Å². The van der Waals surface area contributed by atoms with Gasteiger partial charge >= 0.3 is 0 Å². The van der Waals surface area contributed by atoms with Crippen molar-refractivity contribution in [3.63, 3.8) is 0 Å². The molecule has 0 aromatic carbocycles. The first-order valence-electron chi connectivity index (χ1n) is 4.42. The van der Waals surface area contributed by atoms with Gasteiger partial charge in [0.15, 0.2) is 0 Å². The van der Waals surface area contributed by atoms with Crippen LogP contribution in [-0.2, 0) is 9.53 Å². The molecule has 70 valence electrons. The van der Waals surface area contributed by atoms with E-state index in [0.29, 0.717) is 6.47 Å². The monoisotopic (exact) mass is 172 g/mol. The normalized spacial score (nSPS) is 37.0. The predicted molar refractivity (Wildman–Crippen MR) is 44.5 cm³/mol. The van der Waals surface area contributed by atoms with E-state index in [1.165, 1.54) is 20.0 Å². The van der Waals surface area contributed by atoms with Gasteiger partial charge in [-0.2, -0.15) is 0 Å². The van der Waals surface area contributed by atoms with Gasteiger partial charge in [0.1, 0.15) is 0 Å². The molecule has 2 aliphatic carbocycles. The number of hydrogen-bond donors (Lipinski definition) is 1. The van der Waals surface area contributed by atoms with E-state index < -0.39 is 0 Å². The second-order valence-corrected chi connectivity index (χ2v) is 3.55. The highest BCUT2D eigenvalue weighted by molar-refractivity contribution is 5.36. The maximum atomic E-state index is 9.11. The molecule has 0 aromatic heterocycles. The van der Waals surface area contributed by atoms with Crippen LogP contribution < -0.4 is 0 Å². The first-order valence-corrected chi connectivity index (χ1v) is 4.42. The molecule has 0 amide bonds. The minimum atomic E-state index is 0.0544. The molecule has 0 spiro atoms. The summed E-state index contributed by atoms with van der Waals surface area (Å²) in [6.45, 7) is 0.375. The fourth-order valence-electron chi connectivity index (χ4n) is 1.83. The molecule has 2 saturated carbocycles. The number of ether oxygens (including phenoxy) is 1. The number of aliphatic hydroxyl groups is 1. The topological polar surface area (TPSA) is 46.5 Å². The summed E-state index contributed by atoms with van der Waals surface area (Å²) < 4.78 is 3.86. The molecule has 2 aliphatic rings. The summed E-state index contributed by atoms with van der Waals surface area (Å²) in [6.07, 6.45) is 4.94. The summed E-state index contributed by atoms with van der Waals surface area (Å²) in [7, 11) is 1.31. The minimum absolute atomic E-state index is 0.0544. The highest BCUT2D eigenvalue weighted by Gasteiger charge is 2.41. The quantitative estimate of drug-likeness (QED) is 0.599. The Kier molecular flexibility index (Phi) is 3.53. The van der Waals surface area contributed by atoms with Crippen molar-refractivity contribution in [2.45, 2.75) is 31.8 Å². The molecule has 2 rings (SSSR count). The summed E-state index contributed by atoms with van der Waals surface area (Å²) in [6, 6.07) is 0. The number of rotatable bonds is 1. The lowest BCUT2D eigenvalue weighted by Crippen LogP contribution is -2.12. The average Bonchev–Trinajstić information content (AvgIpc) is 2.83. The van der Waals surface area contributed by atoms with Gasteiger partial charge in [0.2, 0.25) is 0 Å². The predicted octanol–water partition coefficient (Wildman–Crippen LogP) is 0.956. The van der Waals surface area contributed by atoms with E-state index in [0.717, 1.165) is 24.7 Å². The number of fused-ring (bicyclic) bond motifs is 1. The van der Waals surface area contributed by atoms with Gasteiger partial charge in [-0.1, -0.05) is 0 Å². The van der Waals surface area contributed by atoms with Crippen molar-refractivity contribution in [2.75, 3.05) is 7.11 Å². The minimum Gasteiger partial charge on any atom is -0.471 e. The molecule has 0 radical (unpaired) electrons. The van der Waals surface area contributed by atoms with E-state index in [1.54, 1.807) is 0 Å². The zero-order valence-electron chi connectivity index (χ0n) is 7.40. The Bertz CT molecular complexity index is 147. The third-order valence-corrected chi connectivity index (χ3v) is 2.61. The molecule has 3 atom stereocenters. The molecule has 3 heteroatoms. The zero-order chi connectivity index (χ0) is 8.97. The smallest absolute Gasteiger partial charge is 0.292 e. The highest BCUT2D eigenvalue weighted by Crippen LogP contribution is 2.49. The molecule has 0 heterocycles. The lowest BCUT2D eigenvalue weighted by atomic mass is 9.98. The largest absolute Gasteiger partial charge is 0.471 e. The molecule has 0 aliphatic heterocycles. The Hall–Kier alpha value is -0.570. The van der Waals surface area contributed by atoms with E-state index in [9.17, 15) is 0 Å². The van der Waals surface area contributed by atoms with E-state index in [4.69, 9.17) is 9.90 Å². The van der Waals surface area contributed by atoms with E-state index >= 15 is 0 Å². The van der Waals surface area contributed by atoms with Crippen LogP contribution in [0.3, 0.4) is 0 Å². The van der Waals surface area contributed by atoms with Gasteiger partial charge in [0, 0.05) is 0 Å². The third-order valence-electron chi connectivity index (χ3n) is 2.61. The molecule has 1 N–H and O–H groups in total. The maximum absolute atomic E-state index is 9.11. The molecule has 0 aromatic rings. The average molecular weight is 172 g/mol. The Morgan fingerprint density at radius 3 is 2.42 bits per heavy atom. The fraction of sp³-hybridized carbons (Fsp3) is 0.889. The highest BCUT2D eigenvalue weighted by atomic mass is 16.5. The first-order chi connectivity index (χ1) is 5.77. The molecule has 3 nitrogen and oxygen atoms in total. The molecule has 3 unspecified atom stereocenters. The van der Waals surface area contributed by atoms with Gasteiger partial charge in [-0.25, -0.2) is 0 Å². The first kappa shape index (κ1) is 9.52. The summed E-state index contributed by atoms with van der Waals surface area (Å²) >= 11 is 0. The van der Waals surface area contributed by atoms with Crippen molar-refractivity contribution in [3.8, 4) is 0 Å². The van der Waals surface area contributed by atoms with Crippen LogP contribution in [0, 0.1) is 11.8 Å². The van der Waals surface area contributed by atoms with Crippen LogP contribution in [-0.4, -0.2) is 24.8 Å². The van der Waals surface area contributed by atoms with Crippen molar-refractivity contribution in [3.05, 3.63) is 0 Å². The van der Waals surface area contributed by atoms with Crippen molar-refractivity contribution in [1.82, 2.24) is 0 Å². The molecule has 12 heavy (non-hydrogen) atoms. The summed E-state index contributed by atoms with van der Waals surface area (Å²) in [5.41, 5.74) is 0. The van der Waals surface area contributed by atoms with Crippen LogP contribution in [0.15, 0.2) is 0 Å². The Balaban J connectivity index is 0.000000157. The molecular weight excluding hydrogens is 156 g/mol. The van der Waals surface area contributed by atoms with Gasteiger partial charge in [0.25, 0.3) is 6.47 Å². The number of carbonyl (C=O) groups is 1. The van der Waals surface area contributed by atoms with Gasteiger partial charge in [-0.15, -0.1) is 0 Å². The van der Waals surface area contributed by atoms with Crippen molar-refractivity contribution in [1.29, 1.82) is 0 Å². The van der Waals surface area contributed by atoms with E-state index in [1.807, 2.05) is 0 Å². The van der Waals surface area contributed by atoms with Gasteiger partial charge in [-0.05, 0) is 37.5 Å². The van der Waals surface area contributed by atoms with E-state index in [-0.39, 0.29) is 6.10 Å². The third kappa shape index (κ3) is 2.81. The Morgan fingerprint density at radius 1 is 1.33 bits per heavy atom. The second-order valence-electron chi connectivity index (χ2n) is 3.55. The molecular formula is C9H16O3. The Labute approximate surface area is 72.7 Å². The lowest BCUT2D eigenvalue weighted by molar-refractivity contribution is -0.126. The van der Waals surface area contributed by atoms with Crippen molar-refractivity contribution >= 4 is 6.47 Å². The van der Waals surface area contributed by atoms with Crippen LogP contribution in [0.4, 0.5) is 0 Å². The molecule has 0 saturated heterocycles. The van der Waals surface area contributed by atoms with Crippen LogP contribution in [0.1, 0.15) is 25.7 Å². The van der Waals surface area contributed by atoms with Crippen LogP contribution in [0.25, 0.3) is 0 Å². The van der Waals surface area contributed by atoms with Crippen LogP contribution >= 0.6 is 0 Å². The number of hydrogen-bond acceptors (Lipinski definition) is 3. The fourth-order valence-corrected chi connectivity index (χ4v) is 1.83. The van der Waals surface area contributed by atoms with Gasteiger partial charge in [-0.3, -0.25) is 4.79 Å². The van der Waals surface area contributed by atoms with Gasteiger partial charge < -0.3 is 9.84 Å². The van der Waals surface area contributed by atoms with E-state index in [2.05, 4.69) is 4.74 Å². The van der Waals surface area contributed by atoms with Crippen molar-refractivity contribution in [2.24, 2.45) is 11.8 Å². The lowest BCUT2D eigenvalue weighted by Gasteiger charge is -2.14. The molecule has 2 fully saturated rings. The van der Waals surface area contributed by atoms with Gasteiger partial charge in [0.05, 0.1) is 13.2 Å². The standard InChI is InChI=1S/C7H12O.C2H4O2/c8-7-2-1-5-3-6(5)4-7;1-4-2-3/h5-8H,1-4H2;2H,1H3. The molecule has 0 bridgehead atoms. The Morgan fingerprint density at radius 2 is 2.00 bits per heavy atom. The SMILES string of the molecule is COC=O.OC1CCC2CC2C1. The summed E-state index contributed by atoms with van der Waals surface area (Å²) in [4.78, 5) is 8.95. The number of aliphatic hydroxyl groups excluding tert-OH is 1. The summed E-state index contributed by atoms with van der Waals surface area (Å²) in [5, 5.41) is 9.11. The van der Waals surface area contributed by atoms with Crippen molar-refractivity contribution < 1.29 is 14.6 Å². The summed E-state index contributed by atoms with van der Waals surface area (Å²) in [5.74, 6) is 1.96. The van der Waals surface area contributed by atoms with Crippen LogP contribution in [0.2, 0.25) is 0 Å². The maximum Gasteiger partial charge on any atom is 0.292 e. The number of carbonyl (C=O) groups excluding carboxylic acids is 1. The second kappa shape index (κ2) is 4.45. The number of methoxy groups -OCH3 is 1. The zero-order valence-corrected chi connectivity index (χ0v) is 7.40.